The van der Waals surface area contributed by atoms with Crippen molar-refractivity contribution in [3.05, 3.63) is 59.7 Å². The summed E-state index contributed by atoms with van der Waals surface area (Å²) < 4.78 is 0. The Morgan fingerprint density at radius 2 is 1.67 bits per heavy atom. The van der Waals surface area contributed by atoms with Crippen molar-refractivity contribution in [1.82, 2.24) is 0 Å². The predicted molar refractivity (Wildman–Crippen MR) is 99.9 cm³/mol. The molecule has 1 aliphatic heterocycles. The third kappa shape index (κ3) is 3.90. The molecular formula is C21H29N2O+. The van der Waals surface area contributed by atoms with Crippen molar-refractivity contribution in [3.8, 4) is 5.75 Å². The normalized spacial score (nSPS) is 16.4. The van der Waals surface area contributed by atoms with Crippen molar-refractivity contribution < 1.29 is 10.0 Å². The van der Waals surface area contributed by atoms with E-state index >= 15 is 0 Å². The van der Waals surface area contributed by atoms with Crippen molar-refractivity contribution >= 4 is 5.69 Å². The lowest BCUT2D eigenvalue weighted by atomic mass is 9.86. The smallest absolute Gasteiger partial charge is 0.124 e. The fourth-order valence-electron chi connectivity index (χ4n) is 3.36. The molecular weight excluding hydrogens is 296 g/mol. The molecule has 1 heterocycles. The second kappa shape index (κ2) is 6.86. The average Bonchev–Trinajstić information content (AvgIpc) is 2.57. The van der Waals surface area contributed by atoms with Crippen LogP contribution in [-0.4, -0.2) is 31.3 Å². The molecule has 0 amide bonds. The molecule has 128 valence electrons. The Labute approximate surface area is 145 Å². The largest absolute Gasteiger partial charge is 0.507 e. The van der Waals surface area contributed by atoms with Gasteiger partial charge in [0.05, 0.1) is 26.2 Å². The minimum absolute atomic E-state index is 0.115. The molecule has 2 N–H and O–H groups in total. The van der Waals surface area contributed by atoms with Gasteiger partial charge in [0.25, 0.3) is 0 Å². The molecule has 0 aliphatic carbocycles. The number of hydrogen-bond acceptors (Lipinski definition) is 2. The molecule has 3 nitrogen and oxygen atoms in total. The second-order valence-corrected chi connectivity index (χ2v) is 7.84. The van der Waals surface area contributed by atoms with Gasteiger partial charge in [0.2, 0.25) is 0 Å². The molecule has 0 aromatic heterocycles. The van der Waals surface area contributed by atoms with E-state index in [2.05, 4.69) is 62.1 Å². The summed E-state index contributed by atoms with van der Waals surface area (Å²) in [4.78, 5) is 4.00. The van der Waals surface area contributed by atoms with E-state index in [0.717, 1.165) is 38.3 Å². The van der Waals surface area contributed by atoms with Gasteiger partial charge in [-0.15, -0.1) is 0 Å². The van der Waals surface area contributed by atoms with Crippen molar-refractivity contribution in [3.63, 3.8) is 0 Å². The highest BCUT2D eigenvalue weighted by Crippen LogP contribution is 2.27. The zero-order chi connectivity index (χ0) is 17.2. The Hall–Kier alpha value is -2.00. The number of benzene rings is 2. The monoisotopic (exact) mass is 325 g/mol. The van der Waals surface area contributed by atoms with E-state index in [4.69, 9.17) is 0 Å². The highest BCUT2D eigenvalue weighted by atomic mass is 16.3. The summed E-state index contributed by atoms with van der Waals surface area (Å²) in [5, 5.41) is 10.2. The zero-order valence-corrected chi connectivity index (χ0v) is 15.0. The second-order valence-electron chi connectivity index (χ2n) is 7.84. The van der Waals surface area contributed by atoms with Crippen LogP contribution in [-0.2, 0) is 12.0 Å². The van der Waals surface area contributed by atoms with Crippen LogP contribution in [0, 0.1) is 0 Å². The molecule has 0 unspecified atom stereocenters. The molecule has 1 fully saturated rings. The zero-order valence-electron chi connectivity index (χ0n) is 15.0. The van der Waals surface area contributed by atoms with Gasteiger partial charge in [-0.2, -0.15) is 0 Å². The number of rotatable bonds is 3. The highest BCUT2D eigenvalue weighted by Gasteiger charge is 2.22. The first-order chi connectivity index (χ1) is 11.4. The molecule has 0 bridgehead atoms. The Kier molecular flexibility index (Phi) is 4.81. The van der Waals surface area contributed by atoms with Crippen molar-refractivity contribution in [2.75, 3.05) is 31.1 Å². The first kappa shape index (κ1) is 16.8. The van der Waals surface area contributed by atoms with Crippen LogP contribution in [0.4, 0.5) is 5.69 Å². The number of quaternary nitrogens is 1. The van der Waals surface area contributed by atoms with E-state index in [0.29, 0.717) is 5.75 Å². The maximum absolute atomic E-state index is 10.2. The number of anilines is 1. The minimum Gasteiger partial charge on any atom is -0.507 e. The van der Waals surface area contributed by atoms with E-state index in [-0.39, 0.29) is 5.41 Å². The van der Waals surface area contributed by atoms with Gasteiger partial charge in [0.15, 0.2) is 0 Å². The third-order valence-corrected chi connectivity index (χ3v) is 4.98. The van der Waals surface area contributed by atoms with Gasteiger partial charge >= 0.3 is 0 Å². The Bertz CT molecular complexity index is 668. The summed E-state index contributed by atoms with van der Waals surface area (Å²) in [5.41, 5.74) is 3.79. The molecule has 24 heavy (non-hydrogen) atoms. The molecule has 0 saturated carbocycles. The molecule has 0 spiro atoms. The standard InChI is InChI=1S/C21H28N2O/c1-21(2,3)18-9-10-20(24)17(15-18)16-22-11-13-23(14-12-22)19-7-5-4-6-8-19/h4-10,15,24H,11-14,16H2,1-3H3/p+1. The van der Waals surface area contributed by atoms with Crippen LogP contribution in [0.1, 0.15) is 31.9 Å². The van der Waals surface area contributed by atoms with E-state index in [9.17, 15) is 5.11 Å². The maximum Gasteiger partial charge on any atom is 0.124 e. The van der Waals surface area contributed by atoms with Gasteiger partial charge in [0.1, 0.15) is 12.3 Å². The maximum atomic E-state index is 10.2. The molecule has 0 atom stereocenters. The molecule has 3 heteroatoms. The van der Waals surface area contributed by atoms with Crippen LogP contribution in [0.25, 0.3) is 0 Å². The fourth-order valence-corrected chi connectivity index (χ4v) is 3.36. The van der Waals surface area contributed by atoms with Gasteiger partial charge in [0, 0.05) is 11.3 Å². The summed E-state index contributed by atoms with van der Waals surface area (Å²) in [6.45, 7) is 11.9. The first-order valence-corrected chi connectivity index (χ1v) is 8.89. The lowest BCUT2D eigenvalue weighted by Gasteiger charge is -2.34. The highest BCUT2D eigenvalue weighted by molar-refractivity contribution is 5.46. The Morgan fingerprint density at radius 1 is 1.00 bits per heavy atom. The Morgan fingerprint density at radius 3 is 2.29 bits per heavy atom. The SMILES string of the molecule is CC(C)(C)c1ccc(O)c(C[NH+]2CCN(c3ccccc3)CC2)c1. The predicted octanol–water partition coefficient (Wildman–Crippen LogP) is 2.59. The van der Waals surface area contributed by atoms with Crippen LogP contribution in [0.3, 0.4) is 0 Å². The van der Waals surface area contributed by atoms with Crippen molar-refractivity contribution in [1.29, 1.82) is 0 Å². The number of nitrogens with one attached hydrogen (secondary N) is 1. The van der Waals surface area contributed by atoms with E-state index in [1.54, 1.807) is 4.90 Å². The van der Waals surface area contributed by atoms with E-state index < -0.39 is 0 Å². The van der Waals surface area contributed by atoms with Gasteiger partial charge in [-0.3, -0.25) is 0 Å². The number of aromatic hydroxyl groups is 1. The molecule has 2 aromatic carbocycles. The third-order valence-electron chi connectivity index (χ3n) is 4.98. The molecule has 1 aliphatic rings. The number of piperazine rings is 1. The van der Waals surface area contributed by atoms with Crippen molar-refractivity contribution in [2.24, 2.45) is 0 Å². The van der Waals surface area contributed by atoms with Gasteiger partial charge in [-0.1, -0.05) is 45.0 Å². The van der Waals surface area contributed by atoms with Crippen LogP contribution in [0.2, 0.25) is 0 Å². The lowest BCUT2D eigenvalue weighted by molar-refractivity contribution is -0.914. The number of phenolic OH excluding ortho intramolecular Hbond substituents is 1. The lowest BCUT2D eigenvalue weighted by Crippen LogP contribution is -3.13. The fraction of sp³-hybridized carbons (Fsp3) is 0.429. The minimum atomic E-state index is 0.115. The van der Waals surface area contributed by atoms with Crippen LogP contribution >= 0.6 is 0 Å². The Balaban J connectivity index is 1.64. The van der Waals surface area contributed by atoms with Gasteiger partial charge in [-0.25, -0.2) is 0 Å². The van der Waals surface area contributed by atoms with Gasteiger partial charge in [-0.05, 0) is 35.2 Å². The quantitative estimate of drug-likeness (QED) is 0.908. The summed E-state index contributed by atoms with van der Waals surface area (Å²) in [6, 6.07) is 16.7. The summed E-state index contributed by atoms with van der Waals surface area (Å²) in [5.74, 6) is 0.431. The van der Waals surface area contributed by atoms with E-state index in [1.807, 2.05) is 12.1 Å². The van der Waals surface area contributed by atoms with Crippen molar-refractivity contribution in [2.45, 2.75) is 32.7 Å². The molecule has 1 saturated heterocycles. The number of phenols is 1. The average molecular weight is 325 g/mol. The van der Waals surface area contributed by atoms with E-state index in [1.165, 1.54) is 11.3 Å². The van der Waals surface area contributed by atoms with Crippen LogP contribution in [0.5, 0.6) is 5.75 Å². The van der Waals surface area contributed by atoms with Crippen LogP contribution in [0.15, 0.2) is 48.5 Å². The topological polar surface area (TPSA) is 27.9 Å². The molecule has 2 aromatic rings. The summed E-state index contributed by atoms with van der Waals surface area (Å²) >= 11 is 0. The first-order valence-electron chi connectivity index (χ1n) is 8.89. The number of nitrogens with zero attached hydrogens (tertiary/aromatic N) is 1. The number of hydrogen-bond donors (Lipinski definition) is 2. The summed E-state index contributed by atoms with van der Waals surface area (Å²) in [7, 11) is 0. The van der Waals surface area contributed by atoms with Gasteiger partial charge < -0.3 is 14.9 Å². The number of para-hydroxylation sites is 1. The molecule has 0 radical (unpaired) electrons. The summed E-state index contributed by atoms with van der Waals surface area (Å²) in [6.07, 6.45) is 0. The molecule has 3 rings (SSSR count). The van der Waals surface area contributed by atoms with Crippen LogP contribution < -0.4 is 9.80 Å².